The van der Waals surface area contributed by atoms with Crippen molar-refractivity contribution < 1.29 is 55.4 Å². The molecular weight excluding hydrogens is 714 g/mol. The Bertz CT molecular complexity index is 1690. The minimum absolute atomic E-state index is 0.00760. The quantitative estimate of drug-likeness (QED) is 0.187. The van der Waals surface area contributed by atoms with E-state index in [1.54, 1.807) is 17.0 Å². The molecule has 0 spiro atoms. The highest BCUT2D eigenvalue weighted by atomic mass is 35.5. The average molecular weight is 749 g/mol. The van der Waals surface area contributed by atoms with Gasteiger partial charge in [-0.3, -0.25) is 14.4 Å². The van der Waals surface area contributed by atoms with E-state index in [-0.39, 0.29) is 40.9 Å². The monoisotopic (exact) mass is 748 g/mol. The zero-order valence-electron chi connectivity index (χ0n) is 27.3. The first kappa shape index (κ1) is 40.6. The number of hydrogen-bond acceptors (Lipinski definition) is 8. The molecule has 2 aliphatic heterocycles. The molecule has 51 heavy (non-hydrogen) atoms. The van der Waals surface area contributed by atoms with Crippen LogP contribution in [0.25, 0.3) is 11.3 Å². The van der Waals surface area contributed by atoms with Crippen molar-refractivity contribution in [2.45, 2.75) is 31.5 Å². The summed E-state index contributed by atoms with van der Waals surface area (Å²) in [6.07, 6.45) is -0.951. The number of rotatable bonds is 8. The number of aliphatic carboxylic acids is 1. The van der Waals surface area contributed by atoms with Crippen LogP contribution in [0.5, 0.6) is 5.75 Å². The lowest BCUT2D eigenvalue weighted by Gasteiger charge is -2.32. The molecule has 5 rings (SSSR count). The van der Waals surface area contributed by atoms with Gasteiger partial charge < -0.3 is 35.3 Å². The topological polar surface area (TPSA) is 155 Å². The highest BCUT2D eigenvalue weighted by Gasteiger charge is 2.38. The molecule has 0 radical (unpaired) electrons. The van der Waals surface area contributed by atoms with Crippen molar-refractivity contribution in [2.75, 3.05) is 45.4 Å². The Morgan fingerprint density at radius 3 is 2.29 bits per heavy atom. The molecule has 2 saturated heterocycles. The van der Waals surface area contributed by atoms with Gasteiger partial charge in [-0.2, -0.15) is 17.6 Å². The maximum atomic E-state index is 13.9. The van der Waals surface area contributed by atoms with E-state index in [1.807, 2.05) is 13.1 Å². The molecule has 278 valence electrons. The predicted octanol–water partition coefficient (Wildman–Crippen LogP) is 4.83. The summed E-state index contributed by atoms with van der Waals surface area (Å²) >= 11 is 6.24. The summed E-state index contributed by atoms with van der Waals surface area (Å²) in [6.45, 7) is 1.74. The zero-order chi connectivity index (χ0) is 37.9. The fraction of sp³-hybridized carbons (Fsp3) is 0.406. The first-order valence-electron chi connectivity index (χ1n) is 15.3. The van der Waals surface area contributed by atoms with Crippen molar-refractivity contribution in [2.24, 2.45) is 13.0 Å². The number of hydrogen-bond donors (Lipinski definition) is 4. The number of carboxylic acid groups (broad SMARTS) is 1. The Kier molecular flexibility index (Phi) is 14.7. The Labute approximate surface area is 293 Å². The van der Waals surface area contributed by atoms with Gasteiger partial charge in [0.15, 0.2) is 23.7 Å². The number of ether oxygens (including phenoxy) is 1. The Morgan fingerprint density at radius 2 is 1.78 bits per heavy atom. The molecule has 1 atom stereocenters. The number of imidazole rings is 1. The second-order valence-corrected chi connectivity index (χ2v) is 11.6. The largest absolute Gasteiger partial charge is 0.490 e. The number of anilines is 1. The molecule has 3 aromatic rings. The van der Waals surface area contributed by atoms with Gasteiger partial charge in [0, 0.05) is 56.9 Å². The molecule has 0 aliphatic carbocycles. The first-order valence-corrected chi connectivity index (χ1v) is 15.7. The van der Waals surface area contributed by atoms with Crippen molar-refractivity contribution in [1.29, 1.82) is 0 Å². The summed E-state index contributed by atoms with van der Waals surface area (Å²) in [5.41, 5.74) is 1.52. The summed E-state index contributed by atoms with van der Waals surface area (Å²) in [7, 11) is 3.31. The van der Waals surface area contributed by atoms with Crippen molar-refractivity contribution in [1.82, 2.24) is 25.1 Å². The van der Waals surface area contributed by atoms with Gasteiger partial charge >= 0.3 is 12.1 Å². The molecule has 1 aromatic heterocycles. The fourth-order valence-corrected chi connectivity index (χ4v) is 5.40. The number of benzene rings is 2. The predicted molar refractivity (Wildman–Crippen MR) is 173 cm³/mol. The Hall–Kier alpha value is -4.84. The number of amides is 2. The van der Waals surface area contributed by atoms with Crippen LogP contribution >= 0.6 is 11.6 Å². The highest BCUT2D eigenvalue weighted by Crippen LogP contribution is 2.30. The SMILES string of the molecule is CNc1ccc(C(=O)N2CCC(C(=O)N[C@@H]3CCNC3)CC2)c(Cl)c1.Cn1c(-c2ccc(OCF)c(F)c2F)cnc1C=O.O=C(O)C(F)(F)F. The van der Waals surface area contributed by atoms with E-state index >= 15 is 0 Å². The highest BCUT2D eigenvalue weighted by molar-refractivity contribution is 6.34. The minimum atomic E-state index is -5.08. The first-order chi connectivity index (χ1) is 24.1. The standard InChI is InChI=1S/C18H25ClN4O2.C12H9F3N2O2.C2HF3O2/c1-20-13-2-3-15(16(19)10-13)18(25)23-8-5-12(6-9-23)17(24)22-14-4-7-21-11-14;1-17-8(4-16-10(17)5-18)7-2-3-9(19-6-13)12(15)11(7)14;3-2(4,5)1(6)7/h2-3,10,12,14,20-21H,4-9,11H2,1H3,(H,22,24);2-5H,6H2,1H3;(H,6,7)/t14-;;/m1../s1. The van der Waals surface area contributed by atoms with Crippen LogP contribution in [0.3, 0.4) is 0 Å². The van der Waals surface area contributed by atoms with E-state index in [9.17, 15) is 40.7 Å². The molecule has 2 fully saturated rings. The summed E-state index contributed by atoms with van der Waals surface area (Å²) in [5, 5.41) is 16.9. The lowest BCUT2D eigenvalue weighted by Crippen LogP contribution is -2.45. The second-order valence-electron chi connectivity index (χ2n) is 11.2. The van der Waals surface area contributed by atoms with Gasteiger partial charge in [-0.1, -0.05) is 11.6 Å². The number of nitrogens with zero attached hydrogens (tertiary/aromatic N) is 3. The molecule has 0 bridgehead atoms. The average Bonchev–Trinajstić information content (AvgIpc) is 3.76. The lowest BCUT2D eigenvalue weighted by molar-refractivity contribution is -0.192. The van der Waals surface area contributed by atoms with Gasteiger partial charge in [-0.25, -0.2) is 18.6 Å². The maximum Gasteiger partial charge on any atom is 0.490 e. The summed E-state index contributed by atoms with van der Waals surface area (Å²) < 4.78 is 76.8. The summed E-state index contributed by atoms with van der Waals surface area (Å²) in [6, 6.07) is 7.94. The Balaban J connectivity index is 0.000000238. The molecule has 4 N–H and O–H groups in total. The number of carbonyl (C=O) groups excluding carboxylic acids is 3. The van der Waals surface area contributed by atoms with Crippen LogP contribution in [0.2, 0.25) is 5.02 Å². The number of carbonyl (C=O) groups is 4. The van der Waals surface area contributed by atoms with Crippen LogP contribution in [-0.2, 0) is 16.6 Å². The van der Waals surface area contributed by atoms with E-state index in [2.05, 4.69) is 25.7 Å². The van der Waals surface area contributed by atoms with E-state index in [0.717, 1.165) is 31.3 Å². The number of carboxylic acids is 1. The number of nitrogens with one attached hydrogen (secondary N) is 3. The number of likely N-dealkylation sites (tertiary alicyclic amines) is 1. The minimum Gasteiger partial charge on any atom is -0.475 e. The molecule has 19 heteroatoms. The molecule has 0 saturated carbocycles. The number of halogens is 7. The lowest BCUT2D eigenvalue weighted by atomic mass is 9.95. The second kappa shape index (κ2) is 18.4. The third-order valence-corrected chi connectivity index (χ3v) is 8.27. The van der Waals surface area contributed by atoms with Gasteiger partial charge in [0.1, 0.15) is 0 Å². The third kappa shape index (κ3) is 10.8. The fourth-order valence-electron chi connectivity index (χ4n) is 5.14. The zero-order valence-corrected chi connectivity index (χ0v) is 28.1. The van der Waals surface area contributed by atoms with Crippen LogP contribution in [0.1, 0.15) is 40.2 Å². The van der Waals surface area contributed by atoms with Crippen LogP contribution in [0.15, 0.2) is 36.5 Å². The normalized spacial score (nSPS) is 15.9. The molecule has 2 aliphatic rings. The molecule has 0 unspecified atom stereocenters. The molecule has 2 amide bonds. The van der Waals surface area contributed by atoms with Crippen LogP contribution < -0.4 is 20.7 Å². The smallest absolute Gasteiger partial charge is 0.475 e. The van der Waals surface area contributed by atoms with Gasteiger partial charge in [0.2, 0.25) is 18.6 Å². The van der Waals surface area contributed by atoms with E-state index in [0.29, 0.717) is 42.8 Å². The van der Waals surface area contributed by atoms with E-state index in [1.165, 1.54) is 23.9 Å². The van der Waals surface area contributed by atoms with Crippen LogP contribution in [-0.4, -0.2) is 95.9 Å². The Morgan fingerprint density at radius 1 is 1.12 bits per heavy atom. The van der Waals surface area contributed by atoms with Gasteiger partial charge in [-0.05, 0) is 56.1 Å². The van der Waals surface area contributed by atoms with Crippen LogP contribution in [0, 0.1) is 17.6 Å². The third-order valence-electron chi connectivity index (χ3n) is 7.95. The maximum absolute atomic E-state index is 13.9. The van der Waals surface area contributed by atoms with E-state index < -0.39 is 36.4 Å². The van der Waals surface area contributed by atoms with Gasteiger partial charge in [0.25, 0.3) is 5.91 Å². The van der Waals surface area contributed by atoms with Gasteiger partial charge in [0.05, 0.1) is 22.5 Å². The molecular formula is C32H35ClF6N6O6. The number of aromatic nitrogens is 2. The molecule has 3 heterocycles. The number of piperidine rings is 1. The van der Waals surface area contributed by atoms with Crippen molar-refractivity contribution in [3.63, 3.8) is 0 Å². The molecule has 2 aromatic carbocycles. The van der Waals surface area contributed by atoms with E-state index in [4.69, 9.17) is 21.5 Å². The number of aldehydes is 1. The van der Waals surface area contributed by atoms with Crippen molar-refractivity contribution in [3.05, 3.63) is 64.6 Å². The van der Waals surface area contributed by atoms with Gasteiger partial charge in [-0.15, -0.1) is 0 Å². The van der Waals surface area contributed by atoms with Crippen LogP contribution in [0.4, 0.5) is 32.0 Å². The van der Waals surface area contributed by atoms with Crippen molar-refractivity contribution >= 4 is 41.4 Å². The summed E-state index contributed by atoms with van der Waals surface area (Å²) in [4.78, 5) is 50.1. The number of alkyl halides is 4. The molecule has 12 nitrogen and oxygen atoms in total. The summed E-state index contributed by atoms with van der Waals surface area (Å²) in [5.74, 6) is -5.61. The van der Waals surface area contributed by atoms with Crippen molar-refractivity contribution in [3.8, 4) is 17.0 Å².